The Morgan fingerprint density at radius 2 is 1.88 bits per heavy atom. The molecule has 1 aliphatic heterocycles. The highest BCUT2D eigenvalue weighted by molar-refractivity contribution is 5.76. The van der Waals surface area contributed by atoms with E-state index in [9.17, 15) is 9.90 Å². The first kappa shape index (κ1) is 11.5. The summed E-state index contributed by atoms with van der Waals surface area (Å²) in [7, 11) is 0. The Kier molecular flexibility index (Phi) is 3.12. The molecule has 0 aromatic carbocycles. The monoisotopic (exact) mass is 237 g/mol. The summed E-state index contributed by atoms with van der Waals surface area (Å²) < 4.78 is 0. The maximum Gasteiger partial charge on any atom is 0.222 e. The molecule has 0 spiro atoms. The van der Waals surface area contributed by atoms with Gasteiger partial charge in [0.05, 0.1) is 6.10 Å². The number of aliphatic hydroxyl groups excluding tert-OH is 1. The predicted molar refractivity (Wildman–Crippen MR) is 65.4 cm³/mol. The van der Waals surface area contributed by atoms with Crippen LogP contribution in [0.15, 0.2) is 0 Å². The number of carbonyl (C=O) groups excluding carboxylic acids is 1. The summed E-state index contributed by atoms with van der Waals surface area (Å²) in [4.78, 5) is 14.2. The molecule has 0 aromatic rings. The lowest BCUT2D eigenvalue weighted by molar-refractivity contribution is -0.131. The zero-order valence-electron chi connectivity index (χ0n) is 10.5. The molecule has 0 aromatic heterocycles. The van der Waals surface area contributed by atoms with Crippen molar-refractivity contribution in [3.8, 4) is 0 Å². The molecule has 3 atom stereocenters. The molecule has 3 aliphatic rings. The smallest absolute Gasteiger partial charge is 0.222 e. The maximum atomic E-state index is 12.2. The molecule has 1 N–H and O–H groups in total. The highest BCUT2D eigenvalue weighted by Gasteiger charge is 2.43. The van der Waals surface area contributed by atoms with Crippen molar-refractivity contribution in [3.05, 3.63) is 0 Å². The molecule has 0 unspecified atom stereocenters. The largest absolute Gasteiger partial charge is 0.393 e. The Hall–Kier alpha value is -0.570. The Bertz CT molecular complexity index is 299. The first-order valence-corrected chi connectivity index (χ1v) is 7.20. The molecule has 96 valence electrons. The number of hydrogen-bond acceptors (Lipinski definition) is 2. The molecule has 0 radical (unpaired) electrons. The van der Waals surface area contributed by atoms with Crippen molar-refractivity contribution < 1.29 is 9.90 Å². The van der Waals surface area contributed by atoms with Crippen LogP contribution in [-0.4, -0.2) is 35.1 Å². The fourth-order valence-electron chi connectivity index (χ4n) is 4.03. The number of fused-ring (bicyclic) bond motifs is 1. The number of aliphatic hydroxyl groups is 1. The van der Waals surface area contributed by atoms with Gasteiger partial charge in [0.15, 0.2) is 0 Å². The molecule has 1 heterocycles. The van der Waals surface area contributed by atoms with Crippen LogP contribution in [0.5, 0.6) is 0 Å². The first-order valence-electron chi connectivity index (χ1n) is 7.20. The minimum Gasteiger partial charge on any atom is -0.393 e. The van der Waals surface area contributed by atoms with Gasteiger partial charge in [-0.1, -0.05) is 12.8 Å². The average molecular weight is 237 g/mol. The summed E-state index contributed by atoms with van der Waals surface area (Å²) in [6.45, 7) is 1.73. The van der Waals surface area contributed by atoms with Crippen LogP contribution in [0.25, 0.3) is 0 Å². The van der Waals surface area contributed by atoms with Crippen LogP contribution in [-0.2, 0) is 4.79 Å². The second-order valence-corrected chi connectivity index (χ2v) is 6.22. The fourth-order valence-corrected chi connectivity index (χ4v) is 4.03. The van der Waals surface area contributed by atoms with E-state index in [1.165, 1.54) is 25.7 Å². The number of amides is 1. The minimum atomic E-state index is -0.149. The molecule has 17 heavy (non-hydrogen) atoms. The van der Waals surface area contributed by atoms with Gasteiger partial charge in [-0.25, -0.2) is 0 Å². The van der Waals surface area contributed by atoms with Crippen molar-refractivity contribution in [2.45, 2.75) is 51.0 Å². The van der Waals surface area contributed by atoms with Crippen molar-refractivity contribution in [1.29, 1.82) is 0 Å². The standard InChI is InChI=1S/C14H23NO2/c16-13-6-5-11-8-15(9-12(11)13)14(17)7-10-3-1-2-4-10/h10-13,16H,1-9H2/t11-,12+,13+/m0/s1. The second-order valence-electron chi connectivity index (χ2n) is 6.22. The number of rotatable bonds is 2. The molecular formula is C14H23NO2. The summed E-state index contributed by atoms with van der Waals surface area (Å²) in [5.41, 5.74) is 0. The van der Waals surface area contributed by atoms with Gasteiger partial charge in [0.25, 0.3) is 0 Å². The van der Waals surface area contributed by atoms with Crippen molar-refractivity contribution in [3.63, 3.8) is 0 Å². The number of nitrogens with zero attached hydrogens (tertiary/aromatic N) is 1. The van der Waals surface area contributed by atoms with Gasteiger partial charge in [-0.2, -0.15) is 0 Å². The van der Waals surface area contributed by atoms with Gasteiger partial charge in [-0.05, 0) is 37.5 Å². The highest BCUT2D eigenvalue weighted by Crippen LogP contribution is 2.38. The van der Waals surface area contributed by atoms with E-state index in [0.717, 1.165) is 32.4 Å². The number of likely N-dealkylation sites (tertiary alicyclic amines) is 1. The quantitative estimate of drug-likeness (QED) is 0.795. The lowest BCUT2D eigenvalue weighted by atomic mass is 10.00. The molecule has 1 amide bonds. The van der Waals surface area contributed by atoms with Gasteiger partial charge in [0, 0.05) is 25.4 Å². The highest BCUT2D eigenvalue weighted by atomic mass is 16.3. The zero-order chi connectivity index (χ0) is 11.8. The van der Waals surface area contributed by atoms with Crippen LogP contribution < -0.4 is 0 Å². The summed E-state index contributed by atoms with van der Waals surface area (Å²) >= 11 is 0. The molecule has 3 rings (SSSR count). The molecule has 3 fully saturated rings. The van der Waals surface area contributed by atoms with Crippen molar-refractivity contribution in [2.75, 3.05) is 13.1 Å². The molecule has 1 saturated heterocycles. The summed E-state index contributed by atoms with van der Waals surface area (Å²) in [6.07, 6.45) is 7.77. The Morgan fingerprint density at radius 3 is 2.59 bits per heavy atom. The van der Waals surface area contributed by atoms with Crippen LogP contribution in [0.3, 0.4) is 0 Å². The van der Waals surface area contributed by atoms with Crippen molar-refractivity contribution >= 4 is 5.91 Å². The zero-order valence-corrected chi connectivity index (χ0v) is 10.5. The van der Waals surface area contributed by atoms with Gasteiger partial charge in [-0.15, -0.1) is 0 Å². The summed E-state index contributed by atoms with van der Waals surface area (Å²) in [6, 6.07) is 0. The van der Waals surface area contributed by atoms with E-state index >= 15 is 0 Å². The molecule has 2 saturated carbocycles. The Balaban J connectivity index is 1.53. The third-order valence-electron chi connectivity index (χ3n) is 5.11. The topological polar surface area (TPSA) is 40.5 Å². The summed E-state index contributed by atoms with van der Waals surface area (Å²) in [5, 5.41) is 9.85. The van der Waals surface area contributed by atoms with E-state index in [4.69, 9.17) is 0 Å². The van der Waals surface area contributed by atoms with E-state index in [1.807, 2.05) is 4.90 Å². The third kappa shape index (κ3) is 2.22. The lowest BCUT2D eigenvalue weighted by Gasteiger charge is -2.20. The van der Waals surface area contributed by atoms with E-state index in [1.54, 1.807) is 0 Å². The van der Waals surface area contributed by atoms with Crippen LogP contribution in [0.1, 0.15) is 44.9 Å². The first-order chi connectivity index (χ1) is 8.24. The van der Waals surface area contributed by atoms with E-state index in [0.29, 0.717) is 23.7 Å². The summed E-state index contributed by atoms with van der Waals surface area (Å²) in [5.74, 6) is 1.95. The van der Waals surface area contributed by atoms with E-state index in [2.05, 4.69) is 0 Å². The van der Waals surface area contributed by atoms with Crippen LogP contribution >= 0.6 is 0 Å². The Morgan fingerprint density at radius 1 is 1.12 bits per heavy atom. The average Bonchev–Trinajstić information content (AvgIpc) is 2.97. The SMILES string of the molecule is O=C(CC1CCCC1)N1C[C@@H]2CC[C@@H](O)[C@@H]2C1. The maximum absolute atomic E-state index is 12.2. The van der Waals surface area contributed by atoms with Crippen LogP contribution in [0.2, 0.25) is 0 Å². The second kappa shape index (κ2) is 4.60. The lowest BCUT2D eigenvalue weighted by Crippen LogP contribution is -2.32. The Labute approximate surface area is 103 Å². The van der Waals surface area contributed by atoms with Crippen LogP contribution in [0.4, 0.5) is 0 Å². The normalized spacial score (nSPS) is 37.7. The molecule has 2 aliphatic carbocycles. The van der Waals surface area contributed by atoms with Gasteiger partial charge < -0.3 is 10.0 Å². The van der Waals surface area contributed by atoms with E-state index < -0.39 is 0 Å². The fraction of sp³-hybridized carbons (Fsp3) is 0.929. The minimum absolute atomic E-state index is 0.149. The van der Waals surface area contributed by atoms with Gasteiger partial charge in [0.1, 0.15) is 0 Å². The molecule has 3 heteroatoms. The van der Waals surface area contributed by atoms with Crippen molar-refractivity contribution in [2.24, 2.45) is 17.8 Å². The van der Waals surface area contributed by atoms with Gasteiger partial charge in [0.2, 0.25) is 5.91 Å². The molecule has 3 nitrogen and oxygen atoms in total. The third-order valence-corrected chi connectivity index (χ3v) is 5.11. The molecule has 0 bridgehead atoms. The number of carbonyl (C=O) groups is 1. The van der Waals surface area contributed by atoms with Crippen molar-refractivity contribution in [1.82, 2.24) is 4.90 Å². The molecular weight excluding hydrogens is 214 g/mol. The van der Waals surface area contributed by atoms with Crippen LogP contribution in [0, 0.1) is 17.8 Å². The predicted octanol–water partition coefficient (Wildman–Crippen LogP) is 1.80. The van der Waals surface area contributed by atoms with Gasteiger partial charge >= 0.3 is 0 Å². The number of hydrogen-bond donors (Lipinski definition) is 1. The van der Waals surface area contributed by atoms with Gasteiger partial charge in [-0.3, -0.25) is 4.79 Å². The van der Waals surface area contributed by atoms with E-state index in [-0.39, 0.29) is 6.10 Å².